The molecule has 0 amide bonds. The number of nitrogens with zero attached hydrogens (tertiary/aromatic N) is 2. The number of para-hydroxylation sites is 1. The predicted molar refractivity (Wildman–Crippen MR) is 102 cm³/mol. The molecule has 0 unspecified atom stereocenters. The summed E-state index contributed by atoms with van der Waals surface area (Å²) in [7, 11) is 0. The second kappa shape index (κ2) is 6.46. The Morgan fingerprint density at radius 3 is 2.16 bits per heavy atom. The summed E-state index contributed by atoms with van der Waals surface area (Å²) in [5, 5.41) is 13.3. The van der Waals surface area contributed by atoms with E-state index in [-0.39, 0.29) is 0 Å². The van der Waals surface area contributed by atoms with Crippen LogP contribution in [-0.4, -0.2) is 4.98 Å². The molecule has 0 saturated carbocycles. The maximum Gasteiger partial charge on any atom is 0.0991 e. The third-order valence-electron chi connectivity index (χ3n) is 4.13. The van der Waals surface area contributed by atoms with Crippen molar-refractivity contribution in [3.8, 4) is 17.2 Å². The van der Waals surface area contributed by atoms with E-state index in [1.54, 1.807) is 12.1 Å². The molecule has 25 heavy (non-hydrogen) atoms. The van der Waals surface area contributed by atoms with E-state index in [2.05, 4.69) is 64.9 Å². The van der Waals surface area contributed by atoms with Crippen LogP contribution in [-0.2, 0) is 0 Å². The minimum absolute atomic E-state index is 0.657. The molecule has 1 heterocycles. The Morgan fingerprint density at radius 1 is 0.760 bits per heavy atom. The minimum atomic E-state index is 0.657. The summed E-state index contributed by atoms with van der Waals surface area (Å²) in [6, 6.07) is 28.1. The Bertz CT molecular complexity index is 1050. The van der Waals surface area contributed by atoms with Gasteiger partial charge >= 0.3 is 0 Å². The van der Waals surface area contributed by atoms with Gasteiger partial charge in [0, 0.05) is 28.5 Å². The van der Waals surface area contributed by atoms with Gasteiger partial charge in [-0.25, -0.2) is 0 Å². The van der Waals surface area contributed by atoms with Crippen LogP contribution in [0.15, 0.2) is 85.1 Å². The van der Waals surface area contributed by atoms with Gasteiger partial charge in [-0.1, -0.05) is 36.4 Å². The monoisotopic (exact) mass is 321 g/mol. The maximum atomic E-state index is 8.86. The minimum Gasteiger partial charge on any atom is -0.356 e. The third kappa shape index (κ3) is 3.06. The van der Waals surface area contributed by atoms with Crippen LogP contribution in [0.3, 0.4) is 0 Å². The predicted octanol–water partition coefficient (Wildman–Crippen LogP) is 5.52. The number of fused-ring (bicyclic) bond motifs is 1. The van der Waals surface area contributed by atoms with E-state index in [0.717, 1.165) is 33.4 Å². The van der Waals surface area contributed by atoms with E-state index >= 15 is 0 Å². The van der Waals surface area contributed by atoms with E-state index in [9.17, 15) is 0 Å². The Hall–Kier alpha value is -3.64. The molecule has 0 fully saturated rings. The van der Waals surface area contributed by atoms with Gasteiger partial charge in [-0.05, 0) is 48.0 Å². The average Bonchev–Trinajstić information content (AvgIpc) is 2.69. The zero-order valence-corrected chi connectivity index (χ0v) is 13.5. The van der Waals surface area contributed by atoms with E-state index < -0.39 is 0 Å². The Labute approximate surface area is 146 Å². The fraction of sp³-hybridized carbons (Fsp3) is 0. The molecule has 0 aliphatic rings. The van der Waals surface area contributed by atoms with Gasteiger partial charge in [0.25, 0.3) is 0 Å². The molecule has 0 spiro atoms. The van der Waals surface area contributed by atoms with Crippen molar-refractivity contribution in [3.05, 3.63) is 90.6 Å². The Balaban J connectivity index is 1.62. The number of hydrogen-bond acceptors (Lipinski definition) is 3. The SMILES string of the molecule is N#Cc1ccc(Nc2ccc(-c3cccc4cccnc34)cc2)cc1. The molecule has 118 valence electrons. The van der Waals surface area contributed by atoms with Crippen LogP contribution in [0.25, 0.3) is 22.0 Å². The van der Waals surface area contributed by atoms with Gasteiger partial charge in [0.15, 0.2) is 0 Å². The van der Waals surface area contributed by atoms with Gasteiger partial charge in [0.1, 0.15) is 0 Å². The van der Waals surface area contributed by atoms with Crippen molar-refractivity contribution in [3.63, 3.8) is 0 Å². The first kappa shape index (κ1) is 14.9. The lowest BCUT2D eigenvalue weighted by Gasteiger charge is -2.09. The first-order valence-corrected chi connectivity index (χ1v) is 8.05. The van der Waals surface area contributed by atoms with E-state index in [4.69, 9.17) is 5.26 Å². The van der Waals surface area contributed by atoms with Gasteiger partial charge in [0.2, 0.25) is 0 Å². The zero-order valence-electron chi connectivity index (χ0n) is 13.5. The summed E-state index contributed by atoms with van der Waals surface area (Å²) in [5.74, 6) is 0. The molecule has 1 aromatic heterocycles. The molecular formula is C22H15N3. The first-order chi connectivity index (χ1) is 12.3. The smallest absolute Gasteiger partial charge is 0.0991 e. The number of aromatic nitrogens is 1. The molecule has 0 saturated heterocycles. The van der Waals surface area contributed by atoms with Crippen molar-refractivity contribution in [1.29, 1.82) is 5.26 Å². The highest BCUT2D eigenvalue weighted by molar-refractivity contribution is 5.93. The van der Waals surface area contributed by atoms with Gasteiger partial charge in [-0.2, -0.15) is 5.26 Å². The molecule has 1 N–H and O–H groups in total. The van der Waals surface area contributed by atoms with Crippen molar-refractivity contribution in [2.24, 2.45) is 0 Å². The van der Waals surface area contributed by atoms with Crippen molar-refractivity contribution in [2.75, 3.05) is 5.32 Å². The molecule has 0 bridgehead atoms. The molecule has 0 radical (unpaired) electrons. The van der Waals surface area contributed by atoms with Crippen molar-refractivity contribution in [2.45, 2.75) is 0 Å². The topological polar surface area (TPSA) is 48.7 Å². The quantitative estimate of drug-likeness (QED) is 0.540. The summed E-state index contributed by atoms with van der Waals surface area (Å²) in [6.45, 7) is 0. The third-order valence-corrected chi connectivity index (χ3v) is 4.13. The van der Waals surface area contributed by atoms with E-state index in [1.807, 2.05) is 24.4 Å². The Morgan fingerprint density at radius 2 is 1.44 bits per heavy atom. The fourth-order valence-electron chi connectivity index (χ4n) is 2.87. The van der Waals surface area contributed by atoms with Gasteiger partial charge in [-0.15, -0.1) is 0 Å². The number of pyridine rings is 1. The summed E-state index contributed by atoms with van der Waals surface area (Å²) < 4.78 is 0. The number of nitriles is 1. The molecule has 0 atom stereocenters. The van der Waals surface area contributed by atoms with Crippen LogP contribution in [0, 0.1) is 11.3 Å². The fourth-order valence-corrected chi connectivity index (χ4v) is 2.87. The number of benzene rings is 3. The molecule has 0 aliphatic heterocycles. The number of hydrogen-bond donors (Lipinski definition) is 1. The number of rotatable bonds is 3. The van der Waals surface area contributed by atoms with Crippen LogP contribution in [0.2, 0.25) is 0 Å². The van der Waals surface area contributed by atoms with Crippen molar-refractivity contribution < 1.29 is 0 Å². The molecule has 0 aliphatic carbocycles. The van der Waals surface area contributed by atoms with Crippen LogP contribution < -0.4 is 5.32 Å². The lowest BCUT2D eigenvalue weighted by Crippen LogP contribution is -1.90. The highest BCUT2D eigenvalue weighted by atomic mass is 14.9. The molecule has 3 nitrogen and oxygen atoms in total. The Kier molecular flexibility index (Phi) is 3.86. The summed E-state index contributed by atoms with van der Waals surface area (Å²) in [4.78, 5) is 4.52. The van der Waals surface area contributed by atoms with Crippen LogP contribution in [0.5, 0.6) is 0 Å². The summed E-state index contributed by atoms with van der Waals surface area (Å²) in [6.07, 6.45) is 1.83. The molecular weight excluding hydrogens is 306 g/mol. The average molecular weight is 321 g/mol. The van der Waals surface area contributed by atoms with E-state index in [1.165, 1.54) is 0 Å². The largest absolute Gasteiger partial charge is 0.356 e. The van der Waals surface area contributed by atoms with Crippen LogP contribution >= 0.6 is 0 Å². The van der Waals surface area contributed by atoms with Gasteiger partial charge in [-0.3, -0.25) is 4.98 Å². The second-order valence-corrected chi connectivity index (χ2v) is 5.77. The first-order valence-electron chi connectivity index (χ1n) is 8.05. The maximum absolute atomic E-state index is 8.86. The molecule has 4 rings (SSSR count). The van der Waals surface area contributed by atoms with Crippen LogP contribution in [0.1, 0.15) is 5.56 Å². The highest BCUT2D eigenvalue weighted by Gasteiger charge is 2.04. The lowest BCUT2D eigenvalue weighted by molar-refractivity contribution is 1.41. The van der Waals surface area contributed by atoms with Gasteiger partial charge in [0.05, 0.1) is 17.1 Å². The number of nitrogens with one attached hydrogen (secondary N) is 1. The van der Waals surface area contributed by atoms with Gasteiger partial charge < -0.3 is 5.32 Å². The van der Waals surface area contributed by atoms with Crippen molar-refractivity contribution >= 4 is 22.3 Å². The molecule has 4 aromatic rings. The van der Waals surface area contributed by atoms with Crippen LogP contribution in [0.4, 0.5) is 11.4 Å². The second-order valence-electron chi connectivity index (χ2n) is 5.77. The highest BCUT2D eigenvalue weighted by Crippen LogP contribution is 2.28. The molecule has 3 heteroatoms. The lowest BCUT2D eigenvalue weighted by atomic mass is 10.0. The number of anilines is 2. The summed E-state index contributed by atoms with van der Waals surface area (Å²) in [5.41, 5.74) is 5.89. The molecule has 3 aromatic carbocycles. The van der Waals surface area contributed by atoms with Crippen molar-refractivity contribution in [1.82, 2.24) is 4.98 Å². The normalized spacial score (nSPS) is 10.4. The van der Waals surface area contributed by atoms with E-state index in [0.29, 0.717) is 5.56 Å². The zero-order chi connectivity index (χ0) is 17.1. The standard InChI is InChI=1S/C22H15N3/c23-15-16-6-10-19(11-7-16)25-20-12-8-17(9-13-20)21-5-1-3-18-4-2-14-24-22(18)21/h1-14,25H. The summed E-state index contributed by atoms with van der Waals surface area (Å²) >= 11 is 0.